The highest BCUT2D eigenvalue weighted by molar-refractivity contribution is 5.90. The lowest BCUT2D eigenvalue weighted by Crippen LogP contribution is -2.32. The molecule has 1 heteroatoms. The summed E-state index contributed by atoms with van der Waals surface area (Å²) < 4.78 is 0. The maximum atomic E-state index is 12.8. The first-order chi connectivity index (χ1) is 9.79. The van der Waals surface area contributed by atoms with Crippen molar-refractivity contribution >= 4 is 5.78 Å². The fourth-order valence-corrected chi connectivity index (χ4v) is 3.59. The van der Waals surface area contributed by atoms with Crippen LogP contribution in [0.1, 0.15) is 76.7 Å². The van der Waals surface area contributed by atoms with Gasteiger partial charge in [0.15, 0.2) is 0 Å². The molecule has 1 aromatic carbocycles. The van der Waals surface area contributed by atoms with Crippen molar-refractivity contribution in [3.8, 4) is 0 Å². The Kier molecular flexibility index (Phi) is 5.82. The molecule has 0 bridgehead atoms. The molecule has 0 amide bonds. The minimum atomic E-state index is -0.147. The topological polar surface area (TPSA) is 17.1 Å². The summed E-state index contributed by atoms with van der Waals surface area (Å²) in [6, 6.07) is 10.5. The molecular weight excluding hydrogens is 244 g/mol. The zero-order valence-corrected chi connectivity index (χ0v) is 12.9. The van der Waals surface area contributed by atoms with Crippen LogP contribution in [-0.2, 0) is 10.2 Å². The maximum Gasteiger partial charge on any atom is 0.143 e. The monoisotopic (exact) mass is 272 g/mol. The number of Topliss-reactive ketones (excluding diaryl/α,β-unsaturated/α-hetero) is 1. The minimum absolute atomic E-state index is 0.147. The fraction of sp³-hybridized carbons (Fsp3) is 0.632. The second kappa shape index (κ2) is 7.61. The third-order valence-electron chi connectivity index (χ3n) is 4.82. The lowest BCUT2D eigenvalue weighted by molar-refractivity contribution is -0.124. The van der Waals surface area contributed by atoms with Gasteiger partial charge in [0.25, 0.3) is 0 Å². The molecule has 0 aromatic heterocycles. The van der Waals surface area contributed by atoms with Crippen molar-refractivity contribution in [3.63, 3.8) is 0 Å². The number of unbranched alkanes of at least 4 members (excludes halogenated alkanes) is 4. The molecule has 0 aliphatic heterocycles. The van der Waals surface area contributed by atoms with Gasteiger partial charge in [-0.15, -0.1) is 0 Å². The van der Waals surface area contributed by atoms with Gasteiger partial charge < -0.3 is 0 Å². The average molecular weight is 272 g/mol. The summed E-state index contributed by atoms with van der Waals surface area (Å²) in [6.45, 7) is 2.23. The van der Waals surface area contributed by atoms with Crippen molar-refractivity contribution in [2.75, 3.05) is 0 Å². The van der Waals surface area contributed by atoms with Crippen LogP contribution < -0.4 is 0 Å². The first-order valence-corrected chi connectivity index (χ1v) is 8.38. The van der Waals surface area contributed by atoms with E-state index < -0.39 is 0 Å². The van der Waals surface area contributed by atoms with Crippen LogP contribution in [0.2, 0.25) is 0 Å². The molecule has 0 heterocycles. The predicted molar refractivity (Wildman–Crippen MR) is 85.0 cm³/mol. The van der Waals surface area contributed by atoms with Gasteiger partial charge in [-0.25, -0.2) is 0 Å². The Morgan fingerprint density at radius 3 is 2.30 bits per heavy atom. The van der Waals surface area contributed by atoms with Gasteiger partial charge in [-0.2, -0.15) is 0 Å². The van der Waals surface area contributed by atoms with Crippen molar-refractivity contribution in [2.45, 2.75) is 76.5 Å². The fourth-order valence-electron chi connectivity index (χ4n) is 3.59. The Morgan fingerprint density at radius 2 is 1.65 bits per heavy atom. The first-order valence-electron chi connectivity index (χ1n) is 8.38. The third kappa shape index (κ3) is 3.50. The molecule has 0 unspecified atom stereocenters. The third-order valence-corrected chi connectivity index (χ3v) is 4.82. The van der Waals surface area contributed by atoms with E-state index in [1.807, 2.05) is 6.07 Å². The SMILES string of the molecule is CCCCCCCC(=O)C1(c2ccccc2)CCCC1. The van der Waals surface area contributed by atoms with E-state index in [-0.39, 0.29) is 5.41 Å². The lowest BCUT2D eigenvalue weighted by Gasteiger charge is -2.28. The number of rotatable bonds is 8. The highest BCUT2D eigenvalue weighted by Gasteiger charge is 2.41. The standard InChI is InChI=1S/C19H28O/c1-2-3-4-5-9-14-18(20)19(15-10-11-16-19)17-12-7-6-8-13-17/h6-8,12-13H,2-5,9-11,14-16H2,1H3. The second-order valence-corrected chi connectivity index (χ2v) is 6.24. The molecule has 1 aliphatic carbocycles. The smallest absolute Gasteiger partial charge is 0.143 e. The summed E-state index contributed by atoms with van der Waals surface area (Å²) in [5, 5.41) is 0. The number of carbonyl (C=O) groups excluding carboxylic acids is 1. The van der Waals surface area contributed by atoms with Crippen LogP contribution in [0.5, 0.6) is 0 Å². The Balaban J connectivity index is 1.96. The average Bonchev–Trinajstić information content (AvgIpc) is 2.99. The summed E-state index contributed by atoms with van der Waals surface area (Å²) in [5.74, 6) is 0.498. The lowest BCUT2D eigenvalue weighted by atomic mass is 9.74. The molecule has 1 nitrogen and oxygen atoms in total. The summed E-state index contributed by atoms with van der Waals surface area (Å²) in [5.41, 5.74) is 1.11. The Bertz CT molecular complexity index is 401. The van der Waals surface area contributed by atoms with Crippen molar-refractivity contribution in [3.05, 3.63) is 35.9 Å². The molecule has 1 aromatic rings. The number of hydrogen-bond donors (Lipinski definition) is 0. The van der Waals surface area contributed by atoms with Crippen LogP contribution in [-0.4, -0.2) is 5.78 Å². The Hall–Kier alpha value is -1.11. The van der Waals surface area contributed by atoms with Crippen LogP contribution in [0, 0.1) is 0 Å². The van der Waals surface area contributed by atoms with E-state index >= 15 is 0 Å². The van der Waals surface area contributed by atoms with Crippen LogP contribution >= 0.6 is 0 Å². The summed E-state index contributed by atoms with van der Waals surface area (Å²) in [7, 11) is 0. The molecule has 1 aliphatic rings. The number of ketones is 1. The quantitative estimate of drug-likeness (QED) is 0.577. The van der Waals surface area contributed by atoms with Crippen LogP contribution in [0.15, 0.2) is 30.3 Å². The molecule has 0 atom stereocenters. The molecule has 0 saturated heterocycles. The zero-order chi connectivity index (χ0) is 14.3. The highest BCUT2D eigenvalue weighted by Crippen LogP contribution is 2.42. The van der Waals surface area contributed by atoms with Crippen molar-refractivity contribution in [1.82, 2.24) is 0 Å². The molecule has 20 heavy (non-hydrogen) atoms. The molecule has 110 valence electrons. The van der Waals surface area contributed by atoms with E-state index in [1.165, 1.54) is 44.1 Å². The molecule has 2 rings (SSSR count). The van der Waals surface area contributed by atoms with Crippen molar-refractivity contribution in [1.29, 1.82) is 0 Å². The number of carbonyl (C=O) groups is 1. The maximum absolute atomic E-state index is 12.8. The zero-order valence-electron chi connectivity index (χ0n) is 12.9. The van der Waals surface area contributed by atoms with Crippen LogP contribution in [0.4, 0.5) is 0 Å². The normalized spacial score (nSPS) is 17.2. The Labute approximate surface area is 123 Å². The van der Waals surface area contributed by atoms with Gasteiger partial charge in [0.05, 0.1) is 5.41 Å². The number of benzene rings is 1. The molecule has 1 fully saturated rings. The molecule has 0 radical (unpaired) electrons. The van der Waals surface area contributed by atoms with Crippen LogP contribution in [0.25, 0.3) is 0 Å². The van der Waals surface area contributed by atoms with Crippen LogP contribution in [0.3, 0.4) is 0 Å². The summed E-state index contributed by atoms with van der Waals surface area (Å²) in [4.78, 5) is 12.8. The van der Waals surface area contributed by atoms with E-state index in [9.17, 15) is 4.79 Å². The van der Waals surface area contributed by atoms with E-state index in [2.05, 4.69) is 31.2 Å². The largest absolute Gasteiger partial charge is 0.299 e. The highest BCUT2D eigenvalue weighted by atomic mass is 16.1. The molecule has 1 saturated carbocycles. The first kappa shape index (κ1) is 15.3. The van der Waals surface area contributed by atoms with Crippen molar-refractivity contribution < 1.29 is 4.79 Å². The second-order valence-electron chi connectivity index (χ2n) is 6.24. The van der Waals surface area contributed by atoms with Gasteiger partial charge in [-0.05, 0) is 24.8 Å². The van der Waals surface area contributed by atoms with Gasteiger partial charge >= 0.3 is 0 Å². The van der Waals surface area contributed by atoms with E-state index in [4.69, 9.17) is 0 Å². The van der Waals surface area contributed by atoms with Gasteiger partial charge in [0.1, 0.15) is 5.78 Å². The summed E-state index contributed by atoms with van der Waals surface area (Å²) in [6.07, 6.45) is 11.4. The molecule has 0 N–H and O–H groups in total. The van der Waals surface area contributed by atoms with Gasteiger partial charge in [0, 0.05) is 6.42 Å². The van der Waals surface area contributed by atoms with E-state index in [0.29, 0.717) is 5.78 Å². The molecule has 0 spiro atoms. The molecular formula is C19H28O. The summed E-state index contributed by atoms with van der Waals surface area (Å²) >= 11 is 0. The predicted octanol–water partition coefficient (Wildman–Crippen LogP) is 5.43. The van der Waals surface area contributed by atoms with E-state index in [0.717, 1.165) is 25.7 Å². The van der Waals surface area contributed by atoms with Crippen molar-refractivity contribution in [2.24, 2.45) is 0 Å². The van der Waals surface area contributed by atoms with Gasteiger partial charge in [-0.1, -0.05) is 75.8 Å². The Morgan fingerprint density at radius 1 is 1.00 bits per heavy atom. The number of hydrogen-bond acceptors (Lipinski definition) is 1. The van der Waals surface area contributed by atoms with E-state index in [1.54, 1.807) is 0 Å². The van der Waals surface area contributed by atoms with Gasteiger partial charge in [-0.3, -0.25) is 4.79 Å². The minimum Gasteiger partial charge on any atom is -0.299 e. The van der Waals surface area contributed by atoms with Gasteiger partial charge in [0.2, 0.25) is 0 Å².